The molecule has 2 aromatic rings. The Labute approximate surface area is 155 Å². The molecule has 27 heavy (non-hydrogen) atoms. The summed E-state index contributed by atoms with van der Waals surface area (Å²) in [5, 5.41) is 16.8. The van der Waals surface area contributed by atoms with E-state index < -0.39 is 16.7 Å². The molecular formula is C18H18N4O5. The first kappa shape index (κ1) is 19.6. The Bertz CT molecular complexity index is 866. The number of nitrogens with one attached hydrogen (secondary N) is 2. The largest absolute Gasteiger partial charge is 0.484 e. The van der Waals surface area contributed by atoms with Gasteiger partial charge in [0.05, 0.1) is 17.7 Å². The van der Waals surface area contributed by atoms with Crippen molar-refractivity contribution in [2.75, 3.05) is 13.2 Å². The minimum atomic E-state index is -0.541. The van der Waals surface area contributed by atoms with Gasteiger partial charge < -0.3 is 10.1 Å². The second-order valence-corrected chi connectivity index (χ2v) is 5.48. The molecule has 2 amide bonds. The van der Waals surface area contributed by atoms with Crippen molar-refractivity contribution < 1.29 is 19.2 Å². The van der Waals surface area contributed by atoms with Crippen LogP contribution in [0.5, 0.6) is 5.75 Å². The number of nitro benzene ring substituents is 1. The van der Waals surface area contributed by atoms with E-state index in [-0.39, 0.29) is 18.8 Å². The monoisotopic (exact) mass is 370 g/mol. The molecule has 0 aliphatic heterocycles. The molecule has 0 fully saturated rings. The Hall–Kier alpha value is -3.75. The second kappa shape index (κ2) is 9.66. The number of rotatable bonds is 8. The van der Waals surface area contributed by atoms with Crippen LogP contribution in [0.1, 0.15) is 11.1 Å². The number of amides is 2. The van der Waals surface area contributed by atoms with E-state index in [0.717, 1.165) is 5.56 Å². The van der Waals surface area contributed by atoms with Gasteiger partial charge in [-0.25, -0.2) is 5.43 Å². The zero-order chi connectivity index (χ0) is 19.6. The Kier molecular flexibility index (Phi) is 7.00. The van der Waals surface area contributed by atoms with Crippen LogP contribution < -0.4 is 15.5 Å². The van der Waals surface area contributed by atoms with Crippen LogP contribution >= 0.6 is 0 Å². The van der Waals surface area contributed by atoms with Gasteiger partial charge in [0, 0.05) is 17.7 Å². The third kappa shape index (κ3) is 6.58. The maximum absolute atomic E-state index is 11.7. The minimum absolute atomic E-state index is 0.0776. The van der Waals surface area contributed by atoms with Crippen molar-refractivity contribution in [2.24, 2.45) is 5.10 Å². The minimum Gasteiger partial charge on any atom is -0.484 e. The number of aryl methyl sites for hydroxylation is 1. The van der Waals surface area contributed by atoms with Crippen molar-refractivity contribution in [3.05, 3.63) is 69.8 Å². The highest BCUT2D eigenvalue weighted by molar-refractivity contribution is 5.86. The highest BCUT2D eigenvalue weighted by Gasteiger charge is 2.07. The molecule has 140 valence electrons. The molecule has 0 spiro atoms. The summed E-state index contributed by atoms with van der Waals surface area (Å²) in [6.45, 7) is 1.37. The normalized spacial score (nSPS) is 10.4. The number of benzene rings is 2. The number of hydrazone groups is 1. The molecule has 0 saturated heterocycles. The van der Waals surface area contributed by atoms with Gasteiger partial charge in [-0.05, 0) is 18.6 Å². The van der Waals surface area contributed by atoms with Gasteiger partial charge in [-0.1, -0.05) is 30.3 Å². The fraction of sp³-hybridized carbons (Fsp3) is 0.167. The van der Waals surface area contributed by atoms with Crippen molar-refractivity contribution >= 4 is 23.7 Å². The molecule has 9 heteroatoms. The molecule has 0 aromatic heterocycles. The van der Waals surface area contributed by atoms with Crippen molar-refractivity contribution in [3.63, 3.8) is 0 Å². The zero-order valence-electron chi connectivity index (χ0n) is 14.5. The summed E-state index contributed by atoms with van der Waals surface area (Å²) in [6, 6.07) is 13.1. The number of para-hydroxylation sites is 1. The van der Waals surface area contributed by atoms with E-state index in [9.17, 15) is 19.7 Å². The average molecular weight is 370 g/mol. The quantitative estimate of drug-likeness (QED) is 0.415. The number of hydrogen-bond donors (Lipinski definition) is 2. The van der Waals surface area contributed by atoms with Gasteiger partial charge in [0.25, 0.3) is 17.5 Å². The predicted molar refractivity (Wildman–Crippen MR) is 98.5 cm³/mol. The molecule has 0 saturated carbocycles. The highest BCUT2D eigenvalue weighted by atomic mass is 16.6. The molecule has 0 aliphatic carbocycles. The predicted octanol–water partition coefficient (Wildman–Crippen LogP) is 1.55. The fourth-order valence-electron chi connectivity index (χ4n) is 2.03. The second-order valence-electron chi connectivity index (χ2n) is 5.48. The molecule has 0 aliphatic rings. The first-order chi connectivity index (χ1) is 13.0. The average Bonchev–Trinajstić information content (AvgIpc) is 2.66. The van der Waals surface area contributed by atoms with Crippen LogP contribution in [0.3, 0.4) is 0 Å². The van der Waals surface area contributed by atoms with E-state index in [1.165, 1.54) is 24.4 Å². The SMILES string of the molecule is Cc1ccccc1OCC(=O)NCC(=O)N/N=C\c1cccc([N+](=O)[O-])c1. The van der Waals surface area contributed by atoms with E-state index in [0.29, 0.717) is 11.3 Å². The fourth-order valence-corrected chi connectivity index (χ4v) is 2.03. The van der Waals surface area contributed by atoms with Crippen LogP contribution in [0.4, 0.5) is 5.69 Å². The van der Waals surface area contributed by atoms with Crippen molar-refractivity contribution in [1.82, 2.24) is 10.7 Å². The van der Waals surface area contributed by atoms with Crippen LogP contribution in [-0.4, -0.2) is 36.1 Å². The molecule has 0 atom stereocenters. The van der Waals surface area contributed by atoms with Gasteiger partial charge in [0.1, 0.15) is 5.75 Å². The Morgan fingerprint density at radius 3 is 2.70 bits per heavy atom. The Balaban J connectivity index is 1.72. The van der Waals surface area contributed by atoms with Gasteiger partial charge in [-0.2, -0.15) is 5.10 Å². The standard InChI is InChI=1S/C18H18N4O5/c1-13-5-2-3-8-16(13)27-12-18(24)19-11-17(23)21-20-10-14-6-4-7-15(9-14)22(25)26/h2-10H,11-12H2,1H3,(H,19,24)(H,21,23)/b20-10-. The van der Waals surface area contributed by atoms with Crippen molar-refractivity contribution in [2.45, 2.75) is 6.92 Å². The number of nitrogens with zero attached hydrogens (tertiary/aromatic N) is 2. The van der Waals surface area contributed by atoms with Crippen LogP contribution in [0.2, 0.25) is 0 Å². The lowest BCUT2D eigenvalue weighted by Gasteiger charge is -2.08. The molecule has 0 bridgehead atoms. The summed E-state index contributed by atoms with van der Waals surface area (Å²) in [6.07, 6.45) is 1.27. The first-order valence-corrected chi connectivity index (χ1v) is 7.97. The maximum atomic E-state index is 11.7. The van der Waals surface area contributed by atoms with Crippen LogP contribution in [0, 0.1) is 17.0 Å². The summed E-state index contributed by atoms with van der Waals surface area (Å²) < 4.78 is 5.37. The lowest BCUT2D eigenvalue weighted by atomic mass is 10.2. The van der Waals surface area contributed by atoms with E-state index in [1.807, 2.05) is 19.1 Å². The first-order valence-electron chi connectivity index (χ1n) is 7.97. The highest BCUT2D eigenvalue weighted by Crippen LogP contribution is 2.15. The molecule has 0 radical (unpaired) electrons. The number of nitro groups is 1. The summed E-state index contributed by atoms with van der Waals surface area (Å²) in [7, 11) is 0. The van der Waals surface area contributed by atoms with Crippen molar-refractivity contribution in [3.8, 4) is 5.75 Å². The van der Waals surface area contributed by atoms with E-state index in [4.69, 9.17) is 4.74 Å². The zero-order valence-corrected chi connectivity index (χ0v) is 14.5. The Morgan fingerprint density at radius 2 is 1.96 bits per heavy atom. The van der Waals surface area contributed by atoms with Crippen LogP contribution in [0.25, 0.3) is 0 Å². The number of carbonyl (C=O) groups is 2. The van der Waals surface area contributed by atoms with Gasteiger partial charge in [0.2, 0.25) is 0 Å². The number of carbonyl (C=O) groups excluding carboxylic acids is 2. The molecule has 9 nitrogen and oxygen atoms in total. The Morgan fingerprint density at radius 1 is 1.19 bits per heavy atom. The molecule has 0 heterocycles. The molecular weight excluding hydrogens is 352 g/mol. The van der Waals surface area contributed by atoms with Gasteiger partial charge in [-0.3, -0.25) is 19.7 Å². The summed E-state index contributed by atoms with van der Waals surface area (Å²) >= 11 is 0. The molecule has 2 rings (SSSR count). The number of ether oxygens (including phenoxy) is 1. The van der Waals surface area contributed by atoms with Crippen molar-refractivity contribution in [1.29, 1.82) is 0 Å². The van der Waals surface area contributed by atoms with Crippen LogP contribution in [0.15, 0.2) is 53.6 Å². The van der Waals surface area contributed by atoms with Gasteiger partial charge in [-0.15, -0.1) is 0 Å². The lowest BCUT2D eigenvalue weighted by Crippen LogP contribution is -2.37. The van der Waals surface area contributed by atoms with Gasteiger partial charge >= 0.3 is 0 Å². The number of non-ortho nitro benzene ring substituents is 1. The molecule has 2 N–H and O–H groups in total. The third-order valence-electron chi connectivity index (χ3n) is 3.38. The molecule has 2 aromatic carbocycles. The summed E-state index contributed by atoms with van der Waals surface area (Å²) in [5.41, 5.74) is 3.51. The molecule has 0 unspecified atom stereocenters. The lowest BCUT2D eigenvalue weighted by molar-refractivity contribution is -0.384. The van der Waals surface area contributed by atoms with E-state index in [2.05, 4.69) is 15.8 Å². The summed E-state index contributed by atoms with van der Waals surface area (Å²) in [4.78, 5) is 33.5. The van der Waals surface area contributed by atoms with Crippen LogP contribution in [-0.2, 0) is 9.59 Å². The van der Waals surface area contributed by atoms with E-state index in [1.54, 1.807) is 18.2 Å². The smallest absolute Gasteiger partial charge is 0.270 e. The maximum Gasteiger partial charge on any atom is 0.270 e. The summed E-state index contributed by atoms with van der Waals surface area (Å²) in [5.74, 6) is -0.393. The van der Waals surface area contributed by atoms with Gasteiger partial charge in [0.15, 0.2) is 6.61 Å². The topological polar surface area (TPSA) is 123 Å². The number of hydrogen-bond acceptors (Lipinski definition) is 6. The third-order valence-corrected chi connectivity index (χ3v) is 3.38. The van der Waals surface area contributed by atoms with E-state index >= 15 is 0 Å².